The second-order valence-corrected chi connectivity index (χ2v) is 5.06. The number of hydrogen-bond acceptors (Lipinski definition) is 3. The van der Waals surface area contributed by atoms with Crippen molar-refractivity contribution in [2.75, 3.05) is 19.7 Å². The van der Waals surface area contributed by atoms with Crippen LogP contribution in [0.2, 0.25) is 0 Å². The highest BCUT2D eigenvalue weighted by Gasteiger charge is 2.48. The Morgan fingerprint density at radius 3 is 2.88 bits per heavy atom. The molecule has 0 aromatic heterocycles. The number of carbonyl (C=O) groups is 1. The fourth-order valence-electron chi connectivity index (χ4n) is 2.46. The molecule has 0 radical (unpaired) electrons. The van der Waals surface area contributed by atoms with Crippen LogP contribution in [0, 0.1) is 11.3 Å². The van der Waals surface area contributed by atoms with Gasteiger partial charge in [-0.15, -0.1) is 0 Å². The van der Waals surface area contributed by atoms with Crippen LogP contribution in [0.4, 0.5) is 0 Å². The standard InChI is InChI=1S/C12H22N2O2/c1-2-10-9(3-6-16-10)7-14-11(15)12(8-13)4-5-12/h9-10H,2-8,13H2,1H3,(H,14,15). The molecule has 4 nitrogen and oxygen atoms in total. The van der Waals surface area contributed by atoms with Gasteiger partial charge in [0.05, 0.1) is 11.5 Å². The van der Waals surface area contributed by atoms with E-state index in [4.69, 9.17) is 10.5 Å². The summed E-state index contributed by atoms with van der Waals surface area (Å²) in [5.74, 6) is 0.638. The summed E-state index contributed by atoms with van der Waals surface area (Å²) in [7, 11) is 0. The van der Waals surface area contributed by atoms with Gasteiger partial charge in [0.25, 0.3) is 0 Å². The Kier molecular flexibility index (Phi) is 3.50. The van der Waals surface area contributed by atoms with E-state index in [9.17, 15) is 4.79 Å². The van der Waals surface area contributed by atoms with Crippen molar-refractivity contribution in [1.29, 1.82) is 0 Å². The topological polar surface area (TPSA) is 64.3 Å². The van der Waals surface area contributed by atoms with Crippen molar-refractivity contribution < 1.29 is 9.53 Å². The van der Waals surface area contributed by atoms with Gasteiger partial charge in [-0.3, -0.25) is 4.79 Å². The monoisotopic (exact) mass is 226 g/mol. The van der Waals surface area contributed by atoms with Crippen molar-refractivity contribution in [2.45, 2.75) is 38.7 Å². The number of hydrogen-bond donors (Lipinski definition) is 2. The molecule has 0 aromatic rings. The number of carbonyl (C=O) groups excluding carboxylic acids is 1. The molecule has 2 aliphatic rings. The van der Waals surface area contributed by atoms with Crippen LogP contribution in [0.25, 0.3) is 0 Å². The zero-order valence-electron chi connectivity index (χ0n) is 10.00. The van der Waals surface area contributed by atoms with Gasteiger partial charge < -0.3 is 15.8 Å². The smallest absolute Gasteiger partial charge is 0.227 e. The van der Waals surface area contributed by atoms with Gasteiger partial charge in [-0.1, -0.05) is 6.92 Å². The van der Waals surface area contributed by atoms with Crippen LogP contribution in [-0.4, -0.2) is 31.7 Å². The maximum absolute atomic E-state index is 11.9. The molecule has 1 amide bonds. The first-order valence-electron chi connectivity index (χ1n) is 6.32. The highest BCUT2D eigenvalue weighted by atomic mass is 16.5. The Bertz CT molecular complexity index is 264. The number of nitrogens with one attached hydrogen (secondary N) is 1. The largest absolute Gasteiger partial charge is 0.378 e. The highest BCUT2D eigenvalue weighted by Crippen LogP contribution is 2.44. The fraction of sp³-hybridized carbons (Fsp3) is 0.917. The first-order chi connectivity index (χ1) is 7.72. The van der Waals surface area contributed by atoms with Crippen LogP contribution in [0.5, 0.6) is 0 Å². The van der Waals surface area contributed by atoms with E-state index in [-0.39, 0.29) is 11.3 Å². The van der Waals surface area contributed by atoms with Crippen LogP contribution in [0.3, 0.4) is 0 Å². The van der Waals surface area contributed by atoms with Crippen molar-refractivity contribution in [3.8, 4) is 0 Å². The molecule has 3 N–H and O–H groups in total. The van der Waals surface area contributed by atoms with Gasteiger partial charge in [-0.2, -0.15) is 0 Å². The van der Waals surface area contributed by atoms with Crippen molar-refractivity contribution >= 4 is 5.91 Å². The molecule has 2 fully saturated rings. The molecule has 0 spiro atoms. The number of rotatable bonds is 5. The van der Waals surface area contributed by atoms with E-state index >= 15 is 0 Å². The second kappa shape index (κ2) is 4.72. The lowest BCUT2D eigenvalue weighted by atomic mass is 9.99. The summed E-state index contributed by atoms with van der Waals surface area (Å²) < 4.78 is 5.60. The van der Waals surface area contributed by atoms with E-state index in [1.54, 1.807) is 0 Å². The first-order valence-corrected chi connectivity index (χ1v) is 6.32. The van der Waals surface area contributed by atoms with Crippen molar-refractivity contribution in [2.24, 2.45) is 17.1 Å². The minimum absolute atomic E-state index is 0.150. The molecule has 1 heterocycles. The van der Waals surface area contributed by atoms with Crippen LogP contribution < -0.4 is 11.1 Å². The average molecular weight is 226 g/mol. The zero-order chi connectivity index (χ0) is 11.6. The Labute approximate surface area is 96.9 Å². The van der Waals surface area contributed by atoms with E-state index in [2.05, 4.69) is 12.2 Å². The molecule has 2 unspecified atom stereocenters. The predicted molar refractivity (Wildman–Crippen MR) is 61.9 cm³/mol. The number of nitrogens with two attached hydrogens (primary N) is 1. The van der Waals surface area contributed by atoms with Crippen LogP contribution in [-0.2, 0) is 9.53 Å². The van der Waals surface area contributed by atoms with E-state index in [1.807, 2.05) is 0 Å². The van der Waals surface area contributed by atoms with Crippen LogP contribution in [0.15, 0.2) is 0 Å². The third-order valence-corrected chi connectivity index (χ3v) is 4.00. The molecule has 2 rings (SSSR count). The van der Waals surface area contributed by atoms with E-state index in [1.165, 1.54) is 0 Å². The van der Waals surface area contributed by atoms with Gasteiger partial charge in [0.2, 0.25) is 5.91 Å². The maximum Gasteiger partial charge on any atom is 0.227 e. The Balaban J connectivity index is 1.77. The molecule has 2 atom stereocenters. The molecule has 1 saturated carbocycles. The van der Waals surface area contributed by atoms with Crippen molar-refractivity contribution in [3.05, 3.63) is 0 Å². The minimum atomic E-state index is -0.221. The Hall–Kier alpha value is -0.610. The summed E-state index contributed by atoms with van der Waals surface area (Å²) in [6, 6.07) is 0. The summed E-state index contributed by atoms with van der Waals surface area (Å²) in [6.07, 6.45) is 4.33. The summed E-state index contributed by atoms with van der Waals surface area (Å²) in [5, 5.41) is 3.04. The maximum atomic E-state index is 11.9. The molecule has 1 saturated heterocycles. The molecule has 1 aliphatic carbocycles. The molecular weight excluding hydrogens is 204 g/mol. The fourth-order valence-corrected chi connectivity index (χ4v) is 2.46. The van der Waals surface area contributed by atoms with E-state index in [0.717, 1.165) is 38.8 Å². The lowest BCUT2D eigenvalue weighted by Gasteiger charge is -2.19. The van der Waals surface area contributed by atoms with Crippen molar-refractivity contribution in [1.82, 2.24) is 5.32 Å². The summed E-state index contributed by atoms with van der Waals surface area (Å²) in [6.45, 7) is 4.20. The normalized spacial score (nSPS) is 31.4. The van der Waals surface area contributed by atoms with Gasteiger partial charge in [-0.25, -0.2) is 0 Å². The molecule has 0 aromatic carbocycles. The van der Waals surface area contributed by atoms with Gasteiger partial charge >= 0.3 is 0 Å². The van der Waals surface area contributed by atoms with Gasteiger partial charge in [0.1, 0.15) is 0 Å². The number of amides is 1. The first kappa shape index (κ1) is 11.9. The lowest BCUT2D eigenvalue weighted by molar-refractivity contribution is -0.126. The van der Waals surface area contributed by atoms with E-state index < -0.39 is 0 Å². The van der Waals surface area contributed by atoms with Crippen LogP contribution in [0.1, 0.15) is 32.6 Å². The Morgan fingerprint density at radius 1 is 1.56 bits per heavy atom. The molecular formula is C12H22N2O2. The third-order valence-electron chi connectivity index (χ3n) is 4.00. The third kappa shape index (κ3) is 2.23. The molecule has 1 aliphatic heterocycles. The molecule has 16 heavy (non-hydrogen) atoms. The zero-order valence-corrected chi connectivity index (χ0v) is 10.00. The lowest BCUT2D eigenvalue weighted by Crippen LogP contribution is -2.40. The summed E-state index contributed by atoms with van der Waals surface area (Å²) in [4.78, 5) is 11.9. The molecule has 4 heteroatoms. The summed E-state index contributed by atoms with van der Waals surface area (Å²) >= 11 is 0. The summed E-state index contributed by atoms with van der Waals surface area (Å²) in [5.41, 5.74) is 5.40. The van der Waals surface area contributed by atoms with Crippen LogP contribution >= 0.6 is 0 Å². The van der Waals surface area contributed by atoms with Gasteiger partial charge in [-0.05, 0) is 25.7 Å². The molecule has 92 valence electrons. The average Bonchev–Trinajstić information content (AvgIpc) is 2.98. The quantitative estimate of drug-likeness (QED) is 0.723. The predicted octanol–water partition coefficient (Wildman–Crippen LogP) is 0.657. The van der Waals surface area contributed by atoms with Crippen molar-refractivity contribution in [3.63, 3.8) is 0 Å². The highest BCUT2D eigenvalue weighted by molar-refractivity contribution is 5.85. The molecule has 0 bridgehead atoms. The minimum Gasteiger partial charge on any atom is -0.378 e. The van der Waals surface area contributed by atoms with E-state index in [0.29, 0.717) is 18.6 Å². The van der Waals surface area contributed by atoms with Gasteiger partial charge in [0, 0.05) is 25.6 Å². The number of ether oxygens (including phenoxy) is 1. The second-order valence-electron chi connectivity index (χ2n) is 5.06. The Morgan fingerprint density at radius 2 is 2.31 bits per heavy atom. The van der Waals surface area contributed by atoms with Gasteiger partial charge in [0.15, 0.2) is 0 Å². The SMILES string of the molecule is CCC1OCCC1CNC(=O)C1(CN)CC1.